The number of methoxy groups -OCH3 is 2. The van der Waals surface area contributed by atoms with Crippen LogP contribution in [-0.2, 0) is 49.2 Å². The fraction of sp³-hybridized carbons (Fsp3) is 0.487. The zero-order valence-electron chi connectivity index (χ0n) is 33.3. The van der Waals surface area contributed by atoms with E-state index in [0.29, 0.717) is 70.2 Å². The van der Waals surface area contributed by atoms with E-state index in [9.17, 15) is 24.9 Å². The monoisotopic (exact) mass is 1060 g/mol. The topological polar surface area (TPSA) is 239 Å². The Hall–Kier alpha value is -3.22. The number of likely N-dealkylation sites (N-methyl/N-ethyl adjacent to an activating group) is 1. The molecule has 7 heterocycles. The molecule has 4 bridgehead atoms. The average molecular weight is 1060 g/mol. The van der Waals surface area contributed by atoms with Crippen LogP contribution in [0, 0.1) is 13.8 Å². The van der Waals surface area contributed by atoms with E-state index in [4.69, 9.17) is 47.3 Å². The van der Waals surface area contributed by atoms with Crippen LogP contribution in [0.5, 0.6) is 40.2 Å². The van der Waals surface area contributed by atoms with E-state index in [1.54, 1.807) is 12.1 Å². The van der Waals surface area contributed by atoms with E-state index in [-0.39, 0.29) is 54.7 Å². The standard InChI is InChI=1S/C39H43N3O11S.2ClH.2H3N.Pt/c1-16-9-20-10-22-37(46)42-23-13-50-38(47)39(21-12-25(48-5)24(44)11-19(21)7-8-40-39)14-54-36(30(42)29(41(22)4)26(20)31(45)32(16)49-6)28-27(23)35-34(51-15-52-35)17(2)33(28)53-18(3)43;;;;;/h9,11-12,22-23,29-30,36-37,40,44-46H,7-8,10,13-15H2,1-6H3;2*1H;2*1H3;/q;;;;;+2/p-2/t22?,23-,29+,30+,36+,37-,39+;;;;;/m0...../s1. The Balaban J connectivity index is 0.00000114. The number of aliphatic hydroxyl groups is 1. The number of fused-ring (bicyclic) bond motifs is 9. The van der Waals surface area contributed by atoms with Crippen LogP contribution in [0.15, 0.2) is 18.2 Å². The summed E-state index contributed by atoms with van der Waals surface area (Å²) < 4.78 is 35.9. The molecule has 59 heavy (non-hydrogen) atoms. The zero-order valence-corrected chi connectivity index (χ0v) is 37.9. The van der Waals surface area contributed by atoms with Gasteiger partial charge in [0, 0.05) is 47.5 Å². The molecule has 7 aliphatic rings. The molecule has 7 atom stereocenters. The summed E-state index contributed by atoms with van der Waals surface area (Å²) >= 11 is 0.995. The van der Waals surface area contributed by atoms with Crippen molar-refractivity contribution in [1.82, 2.24) is 27.4 Å². The van der Waals surface area contributed by atoms with Crippen LogP contribution in [0.4, 0.5) is 0 Å². The average Bonchev–Trinajstić information content (AvgIpc) is 3.67. The molecule has 16 nitrogen and oxygen atoms in total. The van der Waals surface area contributed by atoms with E-state index in [1.807, 2.05) is 31.9 Å². The molecule has 3 aromatic carbocycles. The van der Waals surface area contributed by atoms with Gasteiger partial charge in [-0.25, -0.2) is 4.79 Å². The molecule has 10 rings (SSSR count). The first-order valence-corrected chi connectivity index (χ1v) is 25.0. The number of hydrogen-bond acceptors (Lipinski definition) is 17. The van der Waals surface area contributed by atoms with Crippen LogP contribution < -0.4 is 41.3 Å². The predicted molar refractivity (Wildman–Crippen MR) is 216 cm³/mol. The summed E-state index contributed by atoms with van der Waals surface area (Å²) in [4.78, 5) is 31.7. The number of aliphatic hydroxyl groups excluding tert-OH is 1. The van der Waals surface area contributed by atoms with Crippen LogP contribution >= 0.6 is 30.6 Å². The van der Waals surface area contributed by atoms with Crippen LogP contribution in [0.3, 0.4) is 0 Å². The molecule has 1 unspecified atom stereocenters. The second-order valence-corrected chi connectivity index (χ2v) is 19.4. The predicted octanol–water partition coefficient (Wildman–Crippen LogP) is 5.11. The van der Waals surface area contributed by atoms with Crippen molar-refractivity contribution in [2.75, 3.05) is 47.0 Å². The maximum atomic E-state index is 14.7. The number of piperazine rings is 1. The van der Waals surface area contributed by atoms with Crippen molar-refractivity contribution in [3.05, 3.63) is 62.7 Å². The molecule has 3 aromatic rings. The Morgan fingerprint density at radius 3 is 2.41 bits per heavy atom. The summed E-state index contributed by atoms with van der Waals surface area (Å²) in [5.74, 6) is 0.949. The summed E-state index contributed by atoms with van der Waals surface area (Å²) in [5, 5.41) is 38.2. The molecule has 326 valence electrons. The molecule has 1 spiro atoms. The van der Waals surface area contributed by atoms with Crippen molar-refractivity contribution >= 4 is 42.5 Å². The molecule has 2 saturated heterocycles. The van der Waals surface area contributed by atoms with Crippen LogP contribution in [0.2, 0.25) is 0 Å². The summed E-state index contributed by atoms with van der Waals surface area (Å²) in [6.45, 7) is 5.26. The van der Waals surface area contributed by atoms with Gasteiger partial charge in [0.15, 0.2) is 40.0 Å². The number of nitrogens with zero attached hydrogens (tertiary/aromatic N) is 2. The number of ether oxygens (including phenoxy) is 6. The molecular formula is C39H49Cl2N5O11PtS. The molecular weight excluding hydrogens is 1010 g/mol. The summed E-state index contributed by atoms with van der Waals surface area (Å²) in [7, 11) is 14.7. The number of aryl methyl sites for hydroxylation is 1. The van der Waals surface area contributed by atoms with Gasteiger partial charge in [-0.1, -0.05) is 6.07 Å². The minimum absolute atomic E-state index is 0. The van der Waals surface area contributed by atoms with Crippen molar-refractivity contribution in [1.29, 1.82) is 0 Å². The van der Waals surface area contributed by atoms with Gasteiger partial charge >= 0.3 is 47.3 Å². The first-order valence-electron chi connectivity index (χ1n) is 18.3. The Morgan fingerprint density at radius 2 is 1.73 bits per heavy atom. The van der Waals surface area contributed by atoms with Gasteiger partial charge in [0.25, 0.3) is 0 Å². The maximum absolute atomic E-state index is 14.7. The Bertz CT molecular complexity index is 2170. The van der Waals surface area contributed by atoms with Crippen LogP contribution in [-0.4, -0.2) is 102 Å². The van der Waals surface area contributed by atoms with E-state index in [1.165, 1.54) is 32.9 Å². The Kier molecular flexibility index (Phi) is 13.3. The van der Waals surface area contributed by atoms with E-state index in [2.05, 4.69) is 10.2 Å². The number of phenolic OH excluding ortho intramolecular Hbond substituents is 2. The molecule has 0 amide bonds. The van der Waals surface area contributed by atoms with Crippen molar-refractivity contribution < 1.29 is 69.8 Å². The number of carbonyl (C=O) groups excluding carboxylic acids is 2. The number of halogens is 2. The van der Waals surface area contributed by atoms with E-state index < -0.39 is 63.6 Å². The Morgan fingerprint density at radius 1 is 1.02 bits per heavy atom. The number of carbonyl (C=O) groups is 2. The van der Waals surface area contributed by atoms with Gasteiger partial charge in [0.05, 0.1) is 37.6 Å². The molecule has 0 radical (unpaired) electrons. The molecule has 10 N–H and O–H groups in total. The molecule has 0 aromatic heterocycles. The molecule has 7 aliphatic heterocycles. The van der Waals surface area contributed by atoms with Gasteiger partial charge < -0.3 is 56.0 Å². The van der Waals surface area contributed by atoms with Gasteiger partial charge in [-0.2, -0.15) is 0 Å². The van der Waals surface area contributed by atoms with Crippen molar-refractivity contribution in [3.8, 4) is 40.2 Å². The number of thioether (sulfide) groups is 1. The molecule has 0 saturated carbocycles. The van der Waals surface area contributed by atoms with Gasteiger partial charge in [0.1, 0.15) is 18.6 Å². The number of rotatable bonds is 3. The van der Waals surface area contributed by atoms with Crippen molar-refractivity contribution in [3.63, 3.8) is 0 Å². The zero-order chi connectivity index (χ0) is 40.7. The molecule has 2 fully saturated rings. The van der Waals surface area contributed by atoms with Crippen molar-refractivity contribution in [2.24, 2.45) is 0 Å². The minimum atomic E-state index is -1.36. The van der Waals surface area contributed by atoms with Gasteiger partial charge in [-0.3, -0.25) is 19.9 Å². The Labute approximate surface area is 362 Å². The third kappa shape index (κ3) is 6.89. The first-order chi connectivity index (χ1) is 27.3. The normalized spacial score (nSPS) is 27.3. The summed E-state index contributed by atoms with van der Waals surface area (Å²) in [6, 6.07) is 3.13. The van der Waals surface area contributed by atoms with Crippen LogP contribution in [0.1, 0.15) is 68.8 Å². The third-order valence-electron chi connectivity index (χ3n) is 12.3. The number of esters is 2. The number of phenols is 2. The first kappa shape index (κ1) is 45.3. The molecule has 20 heteroatoms. The van der Waals surface area contributed by atoms with Gasteiger partial charge in [-0.15, -0.1) is 11.8 Å². The summed E-state index contributed by atoms with van der Waals surface area (Å²) in [5.41, 5.74) is 4.36. The quantitative estimate of drug-likeness (QED) is 0.148. The van der Waals surface area contributed by atoms with Crippen LogP contribution in [0.25, 0.3) is 0 Å². The second kappa shape index (κ2) is 17.3. The number of benzene rings is 3. The molecule has 0 aliphatic carbocycles. The fourth-order valence-electron chi connectivity index (χ4n) is 10.00. The fourth-order valence-corrected chi connectivity index (χ4v) is 11.7. The third-order valence-corrected chi connectivity index (χ3v) is 13.7. The van der Waals surface area contributed by atoms with Crippen molar-refractivity contribution in [2.45, 2.75) is 74.8 Å². The number of hydrogen-bond donors (Lipinski definition) is 6. The van der Waals surface area contributed by atoms with E-state index >= 15 is 0 Å². The van der Waals surface area contributed by atoms with Gasteiger partial charge in [-0.05, 0) is 68.1 Å². The van der Waals surface area contributed by atoms with E-state index in [0.717, 1.165) is 16.7 Å². The van der Waals surface area contributed by atoms with Gasteiger partial charge in [0.2, 0.25) is 6.79 Å². The second-order valence-electron chi connectivity index (χ2n) is 15.0. The number of aromatic hydroxyl groups is 2. The number of nitrogens with one attached hydrogen (secondary N) is 1. The SMILES string of the molecule is COc1cc2c(cc1O)CCN[C@]21CS[C@@H]2c3c(OC(C)=O)c(C)c4c(c3[C@H](COC1=O)N1[C@@H]2[C@H]2c3c(cc(C)c(OC)c3O)CC([C@@H]1O)N2C)OCO4.N.N.[Cl][Pt][Cl]. The summed E-state index contributed by atoms with van der Waals surface area (Å²) in [6.07, 6.45) is -0.0282.